The van der Waals surface area contributed by atoms with Gasteiger partial charge in [-0.3, -0.25) is 0 Å². The third kappa shape index (κ3) is 5.28. The van der Waals surface area contributed by atoms with E-state index < -0.39 is 5.97 Å². The number of carbonyl (C=O) groups is 1. The fourth-order valence-electron chi connectivity index (χ4n) is 3.86. The fraction of sp³-hybridized carbons (Fsp3) is 0.0667. The predicted molar refractivity (Wildman–Crippen MR) is 138 cm³/mol. The minimum Gasteiger partial charge on any atom is -0.489 e. The molecule has 1 N–H and O–H groups in total. The lowest BCUT2D eigenvalue weighted by Crippen LogP contribution is -2.03. The maximum absolute atomic E-state index is 11.2. The van der Waals surface area contributed by atoms with E-state index in [-0.39, 0.29) is 5.56 Å². The van der Waals surface area contributed by atoms with E-state index in [0.29, 0.717) is 24.7 Å². The number of hydrogen-bond donors (Lipinski definition) is 1. The average molecular weight is 477 g/mol. The van der Waals surface area contributed by atoms with Crippen LogP contribution >= 0.6 is 0 Å². The summed E-state index contributed by atoms with van der Waals surface area (Å²) in [5.41, 5.74) is 4.76. The topological polar surface area (TPSA) is 73.6 Å². The molecule has 0 aliphatic rings. The van der Waals surface area contributed by atoms with E-state index in [9.17, 15) is 9.90 Å². The number of aromatic nitrogens is 2. The molecule has 5 rings (SSSR count). The van der Waals surface area contributed by atoms with Gasteiger partial charge in [0.1, 0.15) is 24.7 Å². The molecule has 4 aromatic carbocycles. The Balaban J connectivity index is 1.47. The van der Waals surface area contributed by atoms with Gasteiger partial charge in [-0.05, 0) is 53.6 Å². The Morgan fingerprint density at radius 2 is 1.39 bits per heavy atom. The first kappa shape index (κ1) is 22.9. The molecule has 0 aliphatic heterocycles. The molecule has 0 unspecified atom stereocenters. The molecule has 0 saturated heterocycles. The predicted octanol–water partition coefficient (Wildman–Crippen LogP) is 6.40. The first-order valence-electron chi connectivity index (χ1n) is 11.5. The molecule has 6 nitrogen and oxygen atoms in total. The minimum absolute atomic E-state index is 0.222. The number of carboxylic acids is 1. The van der Waals surface area contributed by atoms with Crippen molar-refractivity contribution in [2.75, 3.05) is 0 Å². The Morgan fingerprint density at radius 3 is 2.03 bits per heavy atom. The molecule has 5 aromatic rings. The number of rotatable bonds is 9. The first-order valence-corrected chi connectivity index (χ1v) is 11.5. The van der Waals surface area contributed by atoms with Crippen molar-refractivity contribution >= 4 is 5.97 Å². The van der Waals surface area contributed by atoms with E-state index in [4.69, 9.17) is 9.47 Å². The summed E-state index contributed by atoms with van der Waals surface area (Å²) in [5.74, 6) is 0.390. The molecule has 0 fully saturated rings. The van der Waals surface area contributed by atoms with Crippen molar-refractivity contribution in [1.29, 1.82) is 0 Å². The number of ether oxygens (including phenoxy) is 2. The van der Waals surface area contributed by atoms with Crippen LogP contribution in [0.4, 0.5) is 0 Å². The zero-order chi connectivity index (χ0) is 24.7. The van der Waals surface area contributed by atoms with Crippen LogP contribution < -0.4 is 9.47 Å². The van der Waals surface area contributed by atoms with Crippen molar-refractivity contribution in [2.24, 2.45) is 0 Å². The molecule has 6 heteroatoms. The van der Waals surface area contributed by atoms with Gasteiger partial charge in [0.25, 0.3) is 0 Å². The second kappa shape index (κ2) is 10.6. The van der Waals surface area contributed by atoms with E-state index in [2.05, 4.69) is 5.10 Å². The Morgan fingerprint density at radius 1 is 0.750 bits per heavy atom. The minimum atomic E-state index is -0.968. The van der Waals surface area contributed by atoms with Crippen LogP contribution in [0.15, 0.2) is 115 Å². The Bertz CT molecular complexity index is 1450. The monoisotopic (exact) mass is 476 g/mol. The highest BCUT2D eigenvalue weighted by molar-refractivity contribution is 5.87. The summed E-state index contributed by atoms with van der Waals surface area (Å²) in [7, 11) is 0. The summed E-state index contributed by atoms with van der Waals surface area (Å²) in [6.07, 6.45) is 1.71. The molecule has 0 radical (unpaired) electrons. The zero-order valence-corrected chi connectivity index (χ0v) is 19.5. The molecule has 0 aliphatic carbocycles. The fourth-order valence-corrected chi connectivity index (χ4v) is 3.86. The maximum atomic E-state index is 11.2. The largest absolute Gasteiger partial charge is 0.489 e. The lowest BCUT2D eigenvalue weighted by atomic mass is 10.1. The van der Waals surface area contributed by atoms with Crippen molar-refractivity contribution in [2.45, 2.75) is 13.2 Å². The molecule has 0 bridgehead atoms. The highest BCUT2D eigenvalue weighted by Gasteiger charge is 2.15. The lowest BCUT2D eigenvalue weighted by Gasteiger charge is -2.16. The van der Waals surface area contributed by atoms with Crippen LogP contribution in [0.3, 0.4) is 0 Å². The number of benzene rings is 4. The molecule has 0 atom stereocenters. The summed E-state index contributed by atoms with van der Waals surface area (Å²) in [6.45, 7) is 0.851. The molecular weight excluding hydrogens is 452 g/mol. The summed E-state index contributed by atoms with van der Waals surface area (Å²) in [6, 6.07) is 34.2. The summed E-state index contributed by atoms with van der Waals surface area (Å²) in [4.78, 5) is 11.2. The summed E-state index contributed by atoms with van der Waals surface area (Å²) in [5, 5.41) is 13.7. The highest BCUT2D eigenvalue weighted by atomic mass is 16.5. The molecule has 178 valence electrons. The van der Waals surface area contributed by atoms with Gasteiger partial charge < -0.3 is 14.6 Å². The van der Waals surface area contributed by atoms with E-state index in [1.54, 1.807) is 35.1 Å². The Kier molecular flexibility index (Phi) is 6.76. The molecule has 1 heterocycles. The Labute approximate surface area is 209 Å². The van der Waals surface area contributed by atoms with E-state index in [1.807, 2.05) is 84.9 Å². The van der Waals surface area contributed by atoms with Crippen LogP contribution in [0.5, 0.6) is 11.5 Å². The standard InChI is InChI=1S/C30H24N2O4/c33-30(34)24-11-13-25(14-12-24)32-28(17-18-31-32)27-16-15-26(35-20-22-7-3-1-4-8-22)19-29(27)36-21-23-9-5-2-6-10-23/h1-19H,20-21H2,(H,33,34). The highest BCUT2D eigenvalue weighted by Crippen LogP contribution is 2.35. The molecule has 0 saturated carbocycles. The number of carboxylic acid groups (broad SMARTS) is 1. The molecule has 0 spiro atoms. The quantitative estimate of drug-likeness (QED) is 0.267. The number of hydrogen-bond acceptors (Lipinski definition) is 4. The van der Waals surface area contributed by atoms with Crippen LogP contribution in [0.2, 0.25) is 0 Å². The van der Waals surface area contributed by atoms with Crippen molar-refractivity contribution in [3.8, 4) is 28.4 Å². The molecule has 1 aromatic heterocycles. The van der Waals surface area contributed by atoms with Crippen LogP contribution in [0.1, 0.15) is 21.5 Å². The zero-order valence-electron chi connectivity index (χ0n) is 19.5. The molecule has 36 heavy (non-hydrogen) atoms. The van der Waals surface area contributed by atoms with Gasteiger partial charge in [-0.1, -0.05) is 60.7 Å². The van der Waals surface area contributed by atoms with E-state index in [1.165, 1.54) is 0 Å². The van der Waals surface area contributed by atoms with E-state index >= 15 is 0 Å². The van der Waals surface area contributed by atoms with Crippen LogP contribution in [0.25, 0.3) is 16.9 Å². The van der Waals surface area contributed by atoms with Crippen molar-refractivity contribution in [1.82, 2.24) is 9.78 Å². The van der Waals surface area contributed by atoms with Gasteiger partial charge in [0.05, 0.1) is 23.1 Å². The van der Waals surface area contributed by atoms with Gasteiger partial charge in [0, 0.05) is 11.6 Å². The second-order valence-electron chi connectivity index (χ2n) is 8.19. The van der Waals surface area contributed by atoms with Crippen molar-refractivity contribution in [3.05, 3.63) is 132 Å². The van der Waals surface area contributed by atoms with Gasteiger partial charge in [0.15, 0.2) is 0 Å². The van der Waals surface area contributed by atoms with Gasteiger partial charge in [0.2, 0.25) is 0 Å². The van der Waals surface area contributed by atoms with Crippen LogP contribution in [0, 0.1) is 0 Å². The van der Waals surface area contributed by atoms with Crippen molar-refractivity contribution < 1.29 is 19.4 Å². The van der Waals surface area contributed by atoms with Gasteiger partial charge in [-0.15, -0.1) is 0 Å². The van der Waals surface area contributed by atoms with E-state index in [0.717, 1.165) is 28.1 Å². The summed E-state index contributed by atoms with van der Waals surface area (Å²) >= 11 is 0. The molecular formula is C30H24N2O4. The number of aromatic carboxylic acids is 1. The van der Waals surface area contributed by atoms with Crippen molar-refractivity contribution in [3.63, 3.8) is 0 Å². The van der Waals surface area contributed by atoms with Gasteiger partial charge in [-0.25, -0.2) is 9.48 Å². The average Bonchev–Trinajstić information content (AvgIpc) is 3.42. The third-order valence-electron chi connectivity index (χ3n) is 5.72. The second-order valence-corrected chi connectivity index (χ2v) is 8.19. The normalized spacial score (nSPS) is 10.7. The number of nitrogens with zero attached hydrogens (tertiary/aromatic N) is 2. The van der Waals surface area contributed by atoms with Gasteiger partial charge >= 0.3 is 5.97 Å². The lowest BCUT2D eigenvalue weighted by molar-refractivity contribution is 0.0697. The summed E-state index contributed by atoms with van der Waals surface area (Å²) < 4.78 is 14.1. The molecule has 0 amide bonds. The van der Waals surface area contributed by atoms with Crippen LogP contribution in [-0.4, -0.2) is 20.9 Å². The third-order valence-corrected chi connectivity index (χ3v) is 5.72. The maximum Gasteiger partial charge on any atom is 0.335 e. The van der Waals surface area contributed by atoms with Gasteiger partial charge in [-0.2, -0.15) is 5.10 Å². The van der Waals surface area contributed by atoms with Crippen LogP contribution in [-0.2, 0) is 13.2 Å². The Hall–Kier alpha value is -4.84. The SMILES string of the molecule is O=C(O)c1ccc(-n2nccc2-c2ccc(OCc3ccccc3)cc2OCc2ccccc2)cc1. The smallest absolute Gasteiger partial charge is 0.335 e. The first-order chi connectivity index (χ1) is 17.7.